The molecule has 1 aromatic carbocycles. The van der Waals surface area contributed by atoms with Crippen molar-refractivity contribution in [2.75, 3.05) is 13.7 Å². The molecule has 1 aliphatic carbocycles. The van der Waals surface area contributed by atoms with E-state index in [0.29, 0.717) is 12.5 Å². The van der Waals surface area contributed by atoms with Gasteiger partial charge in [-0.2, -0.15) is 0 Å². The molecule has 1 aliphatic rings. The molecule has 1 fully saturated rings. The number of ether oxygens (including phenoxy) is 2. The second-order valence-corrected chi connectivity index (χ2v) is 6.06. The van der Waals surface area contributed by atoms with Crippen LogP contribution < -0.4 is 14.6 Å². The van der Waals surface area contributed by atoms with E-state index in [1.807, 2.05) is 0 Å². The van der Waals surface area contributed by atoms with Crippen LogP contribution in [0.1, 0.15) is 12.8 Å². The Kier molecular flexibility index (Phi) is 3.82. The van der Waals surface area contributed by atoms with Crippen molar-refractivity contribution < 1.29 is 22.8 Å². The highest BCUT2D eigenvalue weighted by Gasteiger charge is 2.27. The van der Waals surface area contributed by atoms with Gasteiger partial charge in [0.15, 0.2) is 11.5 Å². The normalized spacial score (nSPS) is 14.9. The molecule has 2 N–H and O–H groups in total. The van der Waals surface area contributed by atoms with Crippen molar-refractivity contribution >= 4 is 15.7 Å². The maximum absolute atomic E-state index is 11.5. The molecule has 0 radical (unpaired) electrons. The van der Waals surface area contributed by atoms with Gasteiger partial charge in [-0.1, -0.05) is 0 Å². The van der Waals surface area contributed by atoms with E-state index < -0.39 is 25.5 Å². The Morgan fingerprint density at radius 2 is 2.10 bits per heavy atom. The number of methoxy groups -OCH3 is 1. The van der Waals surface area contributed by atoms with Crippen LogP contribution in [0.2, 0.25) is 0 Å². The minimum absolute atomic E-state index is 0.0117. The van der Waals surface area contributed by atoms with Crippen LogP contribution in [0.3, 0.4) is 0 Å². The molecule has 8 nitrogen and oxygen atoms in total. The van der Waals surface area contributed by atoms with E-state index in [0.717, 1.165) is 25.0 Å². The Bertz CT molecular complexity index is 639. The largest absolute Gasteiger partial charge is 0.492 e. The number of primary sulfonamides is 1. The van der Waals surface area contributed by atoms with Crippen LogP contribution in [0.4, 0.5) is 5.69 Å². The predicted molar refractivity (Wildman–Crippen MR) is 69.2 cm³/mol. The molecule has 1 saturated carbocycles. The van der Waals surface area contributed by atoms with E-state index in [-0.39, 0.29) is 11.5 Å². The quantitative estimate of drug-likeness (QED) is 0.619. The molecule has 0 saturated heterocycles. The summed E-state index contributed by atoms with van der Waals surface area (Å²) in [4.78, 5) is 9.69. The van der Waals surface area contributed by atoms with Crippen LogP contribution in [0.15, 0.2) is 17.0 Å². The third-order valence-electron chi connectivity index (χ3n) is 2.90. The van der Waals surface area contributed by atoms with Gasteiger partial charge in [0.1, 0.15) is 4.90 Å². The monoisotopic (exact) mass is 302 g/mol. The first-order valence-corrected chi connectivity index (χ1v) is 7.39. The lowest BCUT2D eigenvalue weighted by atomic mass is 10.2. The predicted octanol–water partition coefficient (Wildman–Crippen LogP) is 1.04. The molecule has 20 heavy (non-hydrogen) atoms. The summed E-state index contributed by atoms with van der Waals surface area (Å²) in [5.74, 6) is 0.299. The van der Waals surface area contributed by atoms with Crippen molar-refractivity contribution in [3.8, 4) is 11.5 Å². The van der Waals surface area contributed by atoms with Gasteiger partial charge in [0, 0.05) is 6.07 Å². The van der Waals surface area contributed by atoms with Gasteiger partial charge in [-0.05, 0) is 18.8 Å². The summed E-state index contributed by atoms with van der Waals surface area (Å²) in [5, 5.41) is 15.9. The van der Waals surface area contributed by atoms with Gasteiger partial charge in [-0.3, -0.25) is 10.1 Å². The summed E-state index contributed by atoms with van der Waals surface area (Å²) in [6.45, 7) is 0.363. The van der Waals surface area contributed by atoms with Crippen molar-refractivity contribution in [1.29, 1.82) is 0 Å². The molecule has 2 rings (SSSR count). The second-order valence-electron chi connectivity index (χ2n) is 4.53. The Morgan fingerprint density at radius 3 is 2.55 bits per heavy atom. The molecule has 0 aromatic heterocycles. The van der Waals surface area contributed by atoms with E-state index >= 15 is 0 Å². The van der Waals surface area contributed by atoms with Gasteiger partial charge in [0.05, 0.1) is 24.7 Å². The highest BCUT2D eigenvalue weighted by Crippen LogP contribution is 2.39. The Labute approximate surface area is 115 Å². The van der Waals surface area contributed by atoms with Gasteiger partial charge in [-0.15, -0.1) is 0 Å². The van der Waals surface area contributed by atoms with Crippen LogP contribution >= 0.6 is 0 Å². The van der Waals surface area contributed by atoms with Crippen molar-refractivity contribution in [1.82, 2.24) is 0 Å². The molecular weight excluding hydrogens is 288 g/mol. The van der Waals surface area contributed by atoms with E-state index in [2.05, 4.69) is 0 Å². The first-order chi connectivity index (χ1) is 9.32. The number of nitrogens with zero attached hydrogens (tertiary/aromatic N) is 1. The highest BCUT2D eigenvalue weighted by molar-refractivity contribution is 7.89. The van der Waals surface area contributed by atoms with Crippen LogP contribution in [-0.4, -0.2) is 27.1 Å². The molecule has 0 heterocycles. The molecule has 110 valence electrons. The van der Waals surface area contributed by atoms with Crippen molar-refractivity contribution in [2.24, 2.45) is 11.1 Å². The summed E-state index contributed by atoms with van der Waals surface area (Å²) in [7, 11) is -2.91. The SMILES string of the molecule is COc1c(OCC2CC2)cc([N+](=O)[O-])cc1S(N)(=O)=O. The molecule has 0 spiro atoms. The van der Waals surface area contributed by atoms with E-state index in [9.17, 15) is 18.5 Å². The minimum Gasteiger partial charge on any atom is -0.492 e. The first kappa shape index (κ1) is 14.5. The van der Waals surface area contributed by atoms with Crippen LogP contribution in [0.5, 0.6) is 11.5 Å². The molecule has 0 aliphatic heterocycles. The molecule has 0 bridgehead atoms. The average Bonchev–Trinajstić information content (AvgIpc) is 3.17. The van der Waals surface area contributed by atoms with Gasteiger partial charge in [0.25, 0.3) is 5.69 Å². The lowest BCUT2D eigenvalue weighted by molar-refractivity contribution is -0.385. The van der Waals surface area contributed by atoms with Gasteiger partial charge in [-0.25, -0.2) is 13.6 Å². The minimum atomic E-state index is -4.16. The summed E-state index contributed by atoms with van der Waals surface area (Å²) < 4.78 is 33.4. The molecule has 0 amide bonds. The van der Waals surface area contributed by atoms with Gasteiger partial charge < -0.3 is 9.47 Å². The van der Waals surface area contributed by atoms with Crippen molar-refractivity contribution in [3.05, 3.63) is 22.2 Å². The maximum atomic E-state index is 11.5. The number of non-ortho nitro benzene ring substituents is 1. The number of nitro groups is 1. The van der Waals surface area contributed by atoms with Crippen LogP contribution in [-0.2, 0) is 10.0 Å². The zero-order valence-corrected chi connectivity index (χ0v) is 11.6. The third-order valence-corrected chi connectivity index (χ3v) is 3.81. The Balaban J connectivity index is 2.50. The smallest absolute Gasteiger partial charge is 0.274 e. The zero-order chi connectivity index (χ0) is 14.9. The standard InChI is InChI=1S/C11H14N2O6S/c1-18-11-9(19-6-7-2-3-7)4-8(13(14)15)5-10(11)20(12,16)17/h4-5,7H,2-3,6H2,1H3,(H2,12,16,17). The van der Waals surface area contributed by atoms with Crippen molar-refractivity contribution in [2.45, 2.75) is 17.7 Å². The second kappa shape index (κ2) is 5.25. The average molecular weight is 302 g/mol. The molecule has 0 unspecified atom stereocenters. The molecule has 0 atom stereocenters. The summed E-state index contributed by atoms with van der Waals surface area (Å²) in [6, 6.07) is 1.99. The zero-order valence-electron chi connectivity index (χ0n) is 10.7. The van der Waals surface area contributed by atoms with Gasteiger partial charge >= 0.3 is 0 Å². The van der Waals surface area contributed by atoms with E-state index in [1.165, 1.54) is 7.11 Å². The molecule has 1 aromatic rings. The third kappa shape index (κ3) is 3.17. The number of rotatable bonds is 6. The molecule has 9 heteroatoms. The maximum Gasteiger partial charge on any atom is 0.274 e. The summed E-state index contributed by atoms with van der Waals surface area (Å²) in [6.07, 6.45) is 2.05. The Hall–Kier alpha value is -1.87. The summed E-state index contributed by atoms with van der Waals surface area (Å²) in [5.41, 5.74) is -0.416. The number of nitrogens with two attached hydrogens (primary N) is 1. The fourth-order valence-electron chi connectivity index (χ4n) is 1.68. The number of hydrogen-bond acceptors (Lipinski definition) is 6. The lowest BCUT2D eigenvalue weighted by Crippen LogP contribution is -2.15. The topological polar surface area (TPSA) is 122 Å². The number of nitro benzene ring substituents is 1. The Morgan fingerprint density at radius 1 is 1.45 bits per heavy atom. The van der Waals surface area contributed by atoms with Gasteiger partial charge in [0.2, 0.25) is 10.0 Å². The highest BCUT2D eigenvalue weighted by atomic mass is 32.2. The fraction of sp³-hybridized carbons (Fsp3) is 0.455. The van der Waals surface area contributed by atoms with E-state index in [4.69, 9.17) is 14.6 Å². The lowest BCUT2D eigenvalue weighted by Gasteiger charge is -2.13. The number of hydrogen-bond donors (Lipinski definition) is 1. The van der Waals surface area contributed by atoms with Crippen LogP contribution in [0, 0.1) is 16.0 Å². The first-order valence-electron chi connectivity index (χ1n) is 5.85. The van der Waals surface area contributed by atoms with E-state index in [1.54, 1.807) is 0 Å². The molecular formula is C11H14N2O6S. The van der Waals surface area contributed by atoms with Crippen molar-refractivity contribution in [3.63, 3.8) is 0 Å². The number of sulfonamides is 1. The fourth-order valence-corrected chi connectivity index (χ4v) is 2.41. The van der Waals surface area contributed by atoms with Crippen LogP contribution in [0.25, 0.3) is 0 Å². The summed E-state index contributed by atoms with van der Waals surface area (Å²) >= 11 is 0. The number of benzene rings is 1.